The van der Waals surface area contributed by atoms with Gasteiger partial charge < -0.3 is 4.74 Å². The van der Waals surface area contributed by atoms with Crippen molar-refractivity contribution in [2.24, 2.45) is 0 Å². The average Bonchev–Trinajstić information content (AvgIpc) is 2.97. The van der Waals surface area contributed by atoms with Crippen LogP contribution in [0.4, 0.5) is 5.69 Å². The summed E-state index contributed by atoms with van der Waals surface area (Å²) in [6.45, 7) is 4.09. The van der Waals surface area contributed by atoms with E-state index >= 15 is 0 Å². The fourth-order valence-corrected chi connectivity index (χ4v) is 4.58. The van der Waals surface area contributed by atoms with Crippen molar-refractivity contribution < 1.29 is 9.53 Å². The van der Waals surface area contributed by atoms with E-state index in [0.29, 0.717) is 9.23 Å². The van der Waals surface area contributed by atoms with E-state index in [0.717, 1.165) is 33.3 Å². The van der Waals surface area contributed by atoms with Crippen LogP contribution in [0.25, 0.3) is 16.8 Å². The summed E-state index contributed by atoms with van der Waals surface area (Å²) in [6.07, 6.45) is 1.92. The van der Waals surface area contributed by atoms with Crippen molar-refractivity contribution in [1.82, 2.24) is 0 Å². The maximum absolute atomic E-state index is 13.1. The average molecular weight is 406 g/mol. The number of benzene rings is 3. The van der Waals surface area contributed by atoms with Gasteiger partial charge in [0.2, 0.25) is 0 Å². The molecule has 0 radical (unpaired) electrons. The quantitative estimate of drug-likeness (QED) is 0.402. The molecule has 140 valence electrons. The summed E-state index contributed by atoms with van der Waals surface area (Å²) in [5.41, 5.74) is 4.11. The Hall–Kier alpha value is -2.63. The van der Waals surface area contributed by atoms with Crippen molar-refractivity contribution in [1.29, 1.82) is 0 Å². The van der Waals surface area contributed by atoms with Gasteiger partial charge in [0.25, 0.3) is 5.91 Å². The number of carbonyl (C=O) groups excluding carboxylic acids is 1. The molecule has 0 bridgehead atoms. The van der Waals surface area contributed by atoms with Crippen LogP contribution in [0.15, 0.2) is 59.5 Å². The van der Waals surface area contributed by atoms with Crippen molar-refractivity contribution in [3.05, 3.63) is 76.2 Å². The first-order valence-corrected chi connectivity index (χ1v) is 10.1. The van der Waals surface area contributed by atoms with E-state index < -0.39 is 0 Å². The summed E-state index contributed by atoms with van der Waals surface area (Å²) in [7, 11) is 1.66. The van der Waals surface area contributed by atoms with Crippen LogP contribution in [0.2, 0.25) is 0 Å². The summed E-state index contributed by atoms with van der Waals surface area (Å²) in [5, 5.41) is 2.06. The number of nitrogens with zero attached hydrogens (tertiary/aromatic N) is 1. The van der Waals surface area contributed by atoms with Crippen LogP contribution in [0.5, 0.6) is 5.75 Å². The maximum atomic E-state index is 13.1. The van der Waals surface area contributed by atoms with Crippen molar-refractivity contribution in [3.63, 3.8) is 0 Å². The molecule has 0 unspecified atom stereocenters. The van der Waals surface area contributed by atoms with E-state index in [4.69, 9.17) is 17.0 Å². The molecule has 5 heteroatoms. The van der Waals surface area contributed by atoms with Gasteiger partial charge in [-0.2, -0.15) is 0 Å². The number of thiocarbonyl (C=S) groups is 1. The number of carbonyl (C=O) groups is 1. The molecule has 0 saturated carbocycles. The zero-order valence-electron chi connectivity index (χ0n) is 15.9. The molecule has 0 N–H and O–H groups in total. The number of fused-ring (bicyclic) bond motifs is 1. The Labute approximate surface area is 174 Å². The maximum Gasteiger partial charge on any atom is 0.270 e. The lowest BCUT2D eigenvalue weighted by atomic mass is 10.0. The van der Waals surface area contributed by atoms with Gasteiger partial charge in [-0.05, 0) is 60.2 Å². The summed E-state index contributed by atoms with van der Waals surface area (Å²) in [5.74, 6) is 0.730. The number of thioether (sulfide) groups is 1. The van der Waals surface area contributed by atoms with E-state index in [1.54, 1.807) is 12.0 Å². The Kier molecular flexibility index (Phi) is 4.96. The number of hydrogen-bond donors (Lipinski definition) is 0. The Morgan fingerprint density at radius 2 is 1.75 bits per heavy atom. The molecule has 1 fully saturated rings. The smallest absolute Gasteiger partial charge is 0.270 e. The van der Waals surface area contributed by atoms with Gasteiger partial charge in [-0.1, -0.05) is 60.4 Å². The zero-order valence-corrected chi connectivity index (χ0v) is 17.5. The predicted octanol–water partition coefficient (Wildman–Crippen LogP) is 5.87. The van der Waals surface area contributed by atoms with Gasteiger partial charge in [-0.15, -0.1) is 0 Å². The van der Waals surface area contributed by atoms with E-state index in [9.17, 15) is 4.79 Å². The van der Waals surface area contributed by atoms with Crippen LogP contribution in [-0.4, -0.2) is 17.3 Å². The highest BCUT2D eigenvalue weighted by atomic mass is 32.2. The number of amides is 1. The standard InChI is InChI=1S/C23H19NO2S2/c1-14-8-10-17(12-15(14)2)24-22(25)21(28-23(24)27)13-16-9-11-20(26-3)19-7-5-4-6-18(16)19/h4-13H,1-3H3/b21-13+. The number of anilines is 1. The van der Waals surface area contributed by atoms with Gasteiger partial charge >= 0.3 is 0 Å². The van der Waals surface area contributed by atoms with Crippen LogP contribution >= 0.6 is 24.0 Å². The lowest BCUT2D eigenvalue weighted by Gasteiger charge is -2.16. The van der Waals surface area contributed by atoms with Gasteiger partial charge in [0, 0.05) is 5.39 Å². The second kappa shape index (κ2) is 7.41. The first kappa shape index (κ1) is 18.7. The van der Waals surface area contributed by atoms with Crippen LogP contribution < -0.4 is 9.64 Å². The first-order chi connectivity index (χ1) is 13.5. The number of ether oxygens (including phenoxy) is 1. The summed E-state index contributed by atoms with van der Waals surface area (Å²) in [4.78, 5) is 15.3. The largest absolute Gasteiger partial charge is 0.496 e. The van der Waals surface area contributed by atoms with Crippen LogP contribution in [0, 0.1) is 13.8 Å². The van der Waals surface area contributed by atoms with Gasteiger partial charge in [-0.25, -0.2) is 0 Å². The highest BCUT2D eigenvalue weighted by Gasteiger charge is 2.33. The van der Waals surface area contributed by atoms with E-state index in [1.165, 1.54) is 17.3 Å². The number of rotatable bonds is 3. The molecule has 3 aromatic rings. The third-order valence-electron chi connectivity index (χ3n) is 4.97. The molecule has 1 saturated heterocycles. The minimum absolute atomic E-state index is 0.0850. The molecule has 3 aromatic carbocycles. The molecular formula is C23H19NO2S2. The highest BCUT2D eigenvalue weighted by molar-refractivity contribution is 8.27. The lowest BCUT2D eigenvalue weighted by molar-refractivity contribution is -0.113. The number of aryl methyl sites for hydroxylation is 2. The summed E-state index contributed by atoms with van der Waals surface area (Å²) >= 11 is 6.85. The fourth-order valence-electron chi connectivity index (χ4n) is 3.29. The Morgan fingerprint density at radius 1 is 1.00 bits per heavy atom. The minimum Gasteiger partial charge on any atom is -0.496 e. The van der Waals surface area contributed by atoms with Crippen LogP contribution in [-0.2, 0) is 4.79 Å². The van der Waals surface area contributed by atoms with Crippen molar-refractivity contribution in [2.45, 2.75) is 13.8 Å². The molecule has 1 amide bonds. The van der Waals surface area contributed by atoms with Crippen LogP contribution in [0.1, 0.15) is 16.7 Å². The highest BCUT2D eigenvalue weighted by Crippen LogP contribution is 2.38. The lowest BCUT2D eigenvalue weighted by Crippen LogP contribution is -2.27. The minimum atomic E-state index is -0.0850. The van der Waals surface area contributed by atoms with Gasteiger partial charge in [0.1, 0.15) is 5.75 Å². The molecule has 3 nitrogen and oxygen atoms in total. The Morgan fingerprint density at radius 3 is 2.46 bits per heavy atom. The number of hydrogen-bond acceptors (Lipinski definition) is 4. The molecule has 1 heterocycles. The van der Waals surface area contributed by atoms with Crippen molar-refractivity contribution in [3.8, 4) is 5.75 Å². The fraction of sp³-hybridized carbons (Fsp3) is 0.130. The number of methoxy groups -OCH3 is 1. The third-order valence-corrected chi connectivity index (χ3v) is 6.27. The second-order valence-corrected chi connectivity index (χ2v) is 8.36. The predicted molar refractivity (Wildman–Crippen MR) is 122 cm³/mol. The van der Waals surface area contributed by atoms with Gasteiger partial charge in [-0.3, -0.25) is 9.69 Å². The molecule has 0 spiro atoms. The molecule has 0 atom stereocenters. The molecule has 1 aliphatic rings. The molecule has 4 rings (SSSR count). The Balaban J connectivity index is 1.76. The molecule has 1 aliphatic heterocycles. The molecule has 28 heavy (non-hydrogen) atoms. The molecular weight excluding hydrogens is 386 g/mol. The van der Waals surface area contributed by atoms with Crippen LogP contribution in [0.3, 0.4) is 0 Å². The van der Waals surface area contributed by atoms with Gasteiger partial charge in [0.05, 0.1) is 17.7 Å². The van der Waals surface area contributed by atoms with E-state index in [1.807, 2.05) is 67.6 Å². The SMILES string of the molecule is COc1ccc(/C=C2/SC(=S)N(c3ccc(C)c(C)c3)C2=O)c2ccccc12. The normalized spacial score (nSPS) is 15.7. The first-order valence-electron chi connectivity index (χ1n) is 8.90. The van der Waals surface area contributed by atoms with Crippen molar-refractivity contribution >= 4 is 56.7 Å². The topological polar surface area (TPSA) is 29.5 Å². The third kappa shape index (κ3) is 3.21. The van der Waals surface area contributed by atoms with E-state index in [2.05, 4.69) is 6.92 Å². The van der Waals surface area contributed by atoms with Gasteiger partial charge in [0.15, 0.2) is 4.32 Å². The molecule has 0 aromatic heterocycles. The molecule has 0 aliphatic carbocycles. The summed E-state index contributed by atoms with van der Waals surface area (Å²) < 4.78 is 6.02. The monoisotopic (exact) mass is 405 g/mol. The summed E-state index contributed by atoms with van der Waals surface area (Å²) in [6, 6.07) is 17.9. The van der Waals surface area contributed by atoms with E-state index in [-0.39, 0.29) is 5.91 Å². The zero-order chi connectivity index (χ0) is 19.8. The Bertz CT molecular complexity index is 1150. The van der Waals surface area contributed by atoms with Crippen molar-refractivity contribution in [2.75, 3.05) is 12.0 Å². The second-order valence-electron chi connectivity index (χ2n) is 6.69.